The van der Waals surface area contributed by atoms with E-state index in [2.05, 4.69) is 11.9 Å². The first-order chi connectivity index (χ1) is 5.93. The highest BCUT2D eigenvalue weighted by atomic mass is 16.5. The molecular formula is C10H13NO. The van der Waals surface area contributed by atoms with Crippen LogP contribution in [0.3, 0.4) is 0 Å². The maximum absolute atomic E-state index is 5.16. The molecule has 12 heavy (non-hydrogen) atoms. The maximum atomic E-state index is 5.16. The number of benzene rings is 1. The van der Waals surface area contributed by atoms with Crippen molar-refractivity contribution in [3.8, 4) is 0 Å². The summed E-state index contributed by atoms with van der Waals surface area (Å²) in [5.41, 5.74) is 1.07. The fourth-order valence-corrected chi connectivity index (χ4v) is 0.833. The van der Waals surface area contributed by atoms with Gasteiger partial charge in [0.1, 0.15) is 6.73 Å². The molecule has 64 valence electrons. The quantitative estimate of drug-likeness (QED) is 0.408. The third-order valence-electron chi connectivity index (χ3n) is 1.39. The molecular weight excluding hydrogens is 150 g/mol. The third-order valence-corrected chi connectivity index (χ3v) is 1.39. The van der Waals surface area contributed by atoms with E-state index in [1.165, 1.54) is 0 Å². The number of hydrogen-bond acceptors (Lipinski definition) is 2. The van der Waals surface area contributed by atoms with Gasteiger partial charge in [0.05, 0.1) is 6.61 Å². The SMILES string of the molecule is C=CCOCNc1ccccc1. The smallest absolute Gasteiger partial charge is 0.116 e. The largest absolute Gasteiger partial charge is 0.363 e. The molecule has 0 aliphatic rings. The van der Waals surface area contributed by atoms with Crippen molar-refractivity contribution in [2.24, 2.45) is 0 Å². The molecule has 0 spiro atoms. The zero-order valence-electron chi connectivity index (χ0n) is 6.99. The van der Waals surface area contributed by atoms with Crippen molar-refractivity contribution in [2.75, 3.05) is 18.7 Å². The molecule has 1 rings (SSSR count). The van der Waals surface area contributed by atoms with Crippen molar-refractivity contribution in [2.45, 2.75) is 0 Å². The normalized spacial score (nSPS) is 9.33. The maximum Gasteiger partial charge on any atom is 0.116 e. The van der Waals surface area contributed by atoms with Crippen LogP contribution in [0.1, 0.15) is 0 Å². The highest BCUT2D eigenvalue weighted by molar-refractivity contribution is 5.41. The van der Waals surface area contributed by atoms with Crippen molar-refractivity contribution in [1.29, 1.82) is 0 Å². The second kappa shape index (κ2) is 5.38. The molecule has 0 bridgehead atoms. The van der Waals surface area contributed by atoms with E-state index in [0.717, 1.165) is 5.69 Å². The van der Waals surface area contributed by atoms with E-state index >= 15 is 0 Å². The Morgan fingerprint density at radius 1 is 1.33 bits per heavy atom. The van der Waals surface area contributed by atoms with Gasteiger partial charge in [0.2, 0.25) is 0 Å². The summed E-state index contributed by atoms with van der Waals surface area (Å²) in [7, 11) is 0. The van der Waals surface area contributed by atoms with Gasteiger partial charge in [-0.2, -0.15) is 0 Å². The Morgan fingerprint density at radius 3 is 2.75 bits per heavy atom. The zero-order chi connectivity index (χ0) is 8.65. The lowest BCUT2D eigenvalue weighted by molar-refractivity contribution is 0.183. The monoisotopic (exact) mass is 163 g/mol. The number of para-hydroxylation sites is 1. The van der Waals surface area contributed by atoms with Crippen LogP contribution in [0.15, 0.2) is 43.0 Å². The first-order valence-electron chi connectivity index (χ1n) is 3.91. The predicted molar refractivity (Wildman–Crippen MR) is 51.1 cm³/mol. The zero-order valence-corrected chi connectivity index (χ0v) is 6.99. The van der Waals surface area contributed by atoms with Gasteiger partial charge in [-0.05, 0) is 12.1 Å². The van der Waals surface area contributed by atoms with Crippen LogP contribution in [0.4, 0.5) is 5.69 Å². The van der Waals surface area contributed by atoms with Crippen molar-refractivity contribution in [3.05, 3.63) is 43.0 Å². The molecule has 2 heteroatoms. The summed E-state index contributed by atoms with van der Waals surface area (Å²) in [6, 6.07) is 9.94. The highest BCUT2D eigenvalue weighted by Crippen LogP contribution is 2.03. The Balaban J connectivity index is 2.20. The number of anilines is 1. The predicted octanol–water partition coefficient (Wildman–Crippen LogP) is 2.26. The molecule has 0 amide bonds. The van der Waals surface area contributed by atoms with Crippen LogP contribution in [0, 0.1) is 0 Å². The Kier molecular flexibility index (Phi) is 3.95. The Labute approximate surface area is 72.9 Å². The van der Waals surface area contributed by atoms with Crippen molar-refractivity contribution >= 4 is 5.69 Å². The van der Waals surface area contributed by atoms with Crippen LogP contribution in [0.25, 0.3) is 0 Å². The minimum absolute atomic E-state index is 0.524. The van der Waals surface area contributed by atoms with E-state index in [4.69, 9.17) is 4.74 Å². The van der Waals surface area contributed by atoms with E-state index in [1.807, 2.05) is 30.3 Å². The van der Waals surface area contributed by atoms with Crippen molar-refractivity contribution < 1.29 is 4.74 Å². The molecule has 0 aliphatic heterocycles. The van der Waals surface area contributed by atoms with Crippen LogP contribution >= 0.6 is 0 Å². The summed E-state index contributed by atoms with van der Waals surface area (Å²) in [6.45, 7) is 4.66. The van der Waals surface area contributed by atoms with Gasteiger partial charge < -0.3 is 10.1 Å². The molecule has 1 N–H and O–H groups in total. The second-order valence-corrected chi connectivity index (χ2v) is 2.35. The van der Waals surface area contributed by atoms with Gasteiger partial charge >= 0.3 is 0 Å². The van der Waals surface area contributed by atoms with Gasteiger partial charge in [-0.15, -0.1) is 6.58 Å². The van der Waals surface area contributed by atoms with Crippen LogP contribution < -0.4 is 5.32 Å². The van der Waals surface area contributed by atoms with Gasteiger partial charge in [-0.25, -0.2) is 0 Å². The summed E-state index contributed by atoms with van der Waals surface area (Å²) in [5.74, 6) is 0. The first kappa shape index (κ1) is 8.81. The third kappa shape index (κ3) is 3.21. The fourth-order valence-electron chi connectivity index (χ4n) is 0.833. The van der Waals surface area contributed by atoms with Crippen molar-refractivity contribution in [3.63, 3.8) is 0 Å². The standard InChI is InChI=1S/C10H13NO/c1-2-8-12-9-11-10-6-4-3-5-7-10/h2-7,11H,1,8-9H2. The molecule has 0 saturated carbocycles. The second-order valence-electron chi connectivity index (χ2n) is 2.35. The first-order valence-corrected chi connectivity index (χ1v) is 3.91. The Morgan fingerprint density at radius 2 is 2.08 bits per heavy atom. The van der Waals surface area contributed by atoms with E-state index in [1.54, 1.807) is 6.08 Å². The highest BCUT2D eigenvalue weighted by Gasteiger charge is 1.86. The molecule has 0 heterocycles. The molecule has 0 aliphatic carbocycles. The van der Waals surface area contributed by atoms with E-state index in [0.29, 0.717) is 13.3 Å². The molecule has 1 aromatic carbocycles. The summed E-state index contributed by atoms with van der Waals surface area (Å²) in [4.78, 5) is 0. The Hall–Kier alpha value is -1.28. The molecule has 0 atom stereocenters. The summed E-state index contributed by atoms with van der Waals surface area (Å²) < 4.78 is 5.16. The van der Waals surface area contributed by atoms with E-state index in [-0.39, 0.29) is 0 Å². The summed E-state index contributed by atoms with van der Waals surface area (Å²) in [5, 5.41) is 3.11. The number of ether oxygens (including phenoxy) is 1. The van der Waals surface area contributed by atoms with Crippen LogP contribution in [0.5, 0.6) is 0 Å². The van der Waals surface area contributed by atoms with Gasteiger partial charge in [-0.3, -0.25) is 0 Å². The van der Waals surface area contributed by atoms with Crippen LogP contribution in [-0.2, 0) is 4.74 Å². The molecule has 0 radical (unpaired) electrons. The molecule has 0 saturated heterocycles. The molecule has 2 nitrogen and oxygen atoms in total. The molecule has 0 fully saturated rings. The van der Waals surface area contributed by atoms with Gasteiger partial charge in [0, 0.05) is 5.69 Å². The number of rotatable bonds is 5. The van der Waals surface area contributed by atoms with Gasteiger partial charge in [0.25, 0.3) is 0 Å². The summed E-state index contributed by atoms with van der Waals surface area (Å²) in [6.07, 6.45) is 1.73. The molecule has 1 aromatic rings. The van der Waals surface area contributed by atoms with E-state index in [9.17, 15) is 0 Å². The average molecular weight is 163 g/mol. The minimum Gasteiger partial charge on any atom is -0.363 e. The lowest BCUT2D eigenvalue weighted by Crippen LogP contribution is -2.05. The molecule has 0 unspecified atom stereocenters. The van der Waals surface area contributed by atoms with Gasteiger partial charge in [0.15, 0.2) is 0 Å². The summed E-state index contributed by atoms with van der Waals surface area (Å²) >= 11 is 0. The average Bonchev–Trinajstić information content (AvgIpc) is 2.14. The fraction of sp³-hybridized carbons (Fsp3) is 0.200. The van der Waals surface area contributed by atoms with Crippen LogP contribution in [-0.4, -0.2) is 13.3 Å². The minimum atomic E-state index is 0.524. The van der Waals surface area contributed by atoms with Crippen molar-refractivity contribution in [1.82, 2.24) is 0 Å². The lowest BCUT2D eigenvalue weighted by Gasteiger charge is -2.04. The van der Waals surface area contributed by atoms with Crippen LogP contribution in [0.2, 0.25) is 0 Å². The lowest BCUT2D eigenvalue weighted by atomic mass is 10.3. The number of hydrogen-bond donors (Lipinski definition) is 1. The topological polar surface area (TPSA) is 21.3 Å². The number of nitrogens with one attached hydrogen (secondary N) is 1. The Bertz CT molecular complexity index is 221. The van der Waals surface area contributed by atoms with E-state index < -0.39 is 0 Å². The molecule has 0 aromatic heterocycles. The van der Waals surface area contributed by atoms with Gasteiger partial charge in [-0.1, -0.05) is 24.3 Å².